The largest absolute Gasteiger partial charge is 0.497 e. The van der Waals surface area contributed by atoms with Gasteiger partial charge >= 0.3 is 0 Å². The number of hydrogen-bond donors (Lipinski definition) is 2. The second-order valence-corrected chi connectivity index (χ2v) is 5.88. The molecule has 0 atom stereocenters. The van der Waals surface area contributed by atoms with E-state index in [9.17, 15) is 19.7 Å². The first-order valence-corrected chi connectivity index (χ1v) is 8.50. The Morgan fingerprint density at radius 1 is 1.10 bits per heavy atom. The number of hydrazone groups is 1. The molecule has 29 heavy (non-hydrogen) atoms. The van der Waals surface area contributed by atoms with Crippen molar-refractivity contribution in [2.45, 2.75) is 13.3 Å². The van der Waals surface area contributed by atoms with E-state index in [0.717, 1.165) is 0 Å². The summed E-state index contributed by atoms with van der Waals surface area (Å²) in [5.74, 6) is 0.262. The first-order valence-electron chi connectivity index (χ1n) is 8.50. The highest BCUT2D eigenvalue weighted by atomic mass is 16.6. The summed E-state index contributed by atoms with van der Waals surface area (Å²) in [5, 5.41) is 17.1. The Kier molecular flexibility index (Phi) is 7.66. The predicted octanol–water partition coefficient (Wildman–Crippen LogP) is 2.50. The third-order valence-corrected chi connectivity index (χ3v) is 3.56. The van der Waals surface area contributed by atoms with Gasteiger partial charge in [0.1, 0.15) is 11.5 Å². The van der Waals surface area contributed by atoms with E-state index in [4.69, 9.17) is 9.47 Å². The van der Waals surface area contributed by atoms with E-state index in [-0.39, 0.29) is 18.7 Å². The molecular weight excluding hydrogens is 380 g/mol. The van der Waals surface area contributed by atoms with Gasteiger partial charge in [-0.15, -0.1) is 0 Å². The molecule has 2 amide bonds. The summed E-state index contributed by atoms with van der Waals surface area (Å²) in [5.41, 5.74) is 2.82. The molecule has 0 spiro atoms. The molecule has 2 aromatic rings. The zero-order valence-electron chi connectivity index (χ0n) is 15.9. The number of carbonyl (C=O) groups excluding carboxylic acids is 2. The van der Waals surface area contributed by atoms with Crippen molar-refractivity contribution in [3.05, 3.63) is 58.6 Å². The Hall–Kier alpha value is -3.95. The maximum absolute atomic E-state index is 12.0. The minimum Gasteiger partial charge on any atom is -0.497 e. The van der Waals surface area contributed by atoms with Gasteiger partial charge in [-0.2, -0.15) is 5.10 Å². The average Bonchev–Trinajstić information content (AvgIpc) is 2.71. The SMILES string of the molecule is COc1ccc(OCC(=O)N/N=C(/C)CC(=O)Nc2cccc([N+](=O)[O-])c2)cc1. The topological polar surface area (TPSA) is 132 Å². The number of benzene rings is 2. The van der Waals surface area contributed by atoms with Crippen molar-refractivity contribution in [2.24, 2.45) is 5.10 Å². The number of methoxy groups -OCH3 is 1. The maximum atomic E-state index is 12.0. The molecule has 2 aromatic carbocycles. The van der Waals surface area contributed by atoms with Crippen LogP contribution in [0.1, 0.15) is 13.3 Å². The summed E-state index contributed by atoms with van der Waals surface area (Å²) >= 11 is 0. The van der Waals surface area contributed by atoms with Gasteiger partial charge in [-0.05, 0) is 37.3 Å². The summed E-state index contributed by atoms with van der Waals surface area (Å²) in [6.07, 6.45) is -0.0949. The van der Waals surface area contributed by atoms with E-state index in [1.807, 2.05) is 0 Å². The molecule has 10 nitrogen and oxygen atoms in total. The lowest BCUT2D eigenvalue weighted by atomic mass is 10.2. The molecule has 0 aliphatic rings. The molecule has 10 heteroatoms. The number of anilines is 1. The molecule has 0 aromatic heterocycles. The summed E-state index contributed by atoms with van der Waals surface area (Å²) in [6, 6.07) is 12.3. The van der Waals surface area contributed by atoms with Gasteiger partial charge in [0, 0.05) is 23.5 Å². The summed E-state index contributed by atoms with van der Waals surface area (Å²) in [4.78, 5) is 34.0. The molecule has 0 bridgehead atoms. The lowest BCUT2D eigenvalue weighted by Gasteiger charge is -2.07. The Morgan fingerprint density at radius 3 is 2.45 bits per heavy atom. The van der Waals surface area contributed by atoms with Crippen LogP contribution in [0.3, 0.4) is 0 Å². The first-order chi connectivity index (χ1) is 13.9. The third kappa shape index (κ3) is 7.29. The third-order valence-electron chi connectivity index (χ3n) is 3.56. The number of nitrogens with zero attached hydrogens (tertiary/aromatic N) is 2. The van der Waals surface area contributed by atoms with Crippen molar-refractivity contribution in [3.8, 4) is 11.5 Å². The summed E-state index contributed by atoms with van der Waals surface area (Å²) in [7, 11) is 1.55. The number of amides is 2. The number of nitro groups is 1. The van der Waals surface area contributed by atoms with Crippen LogP contribution in [0.15, 0.2) is 53.6 Å². The van der Waals surface area contributed by atoms with Crippen molar-refractivity contribution >= 4 is 28.9 Å². The van der Waals surface area contributed by atoms with E-state index in [1.165, 1.54) is 24.3 Å². The van der Waals surface area contributed by atoms with Gasteiger partial charge in [0.2, 0.25) is 5.91 Å². The molecular formula is C19H20N4O6. The molecule has 2 rings (SSSR count). The zero-order chi connectivity index (χ0) is 21.2. The van der Waals surface area contributed by atoms with E-state index in [2.05, 4.69) is 15.8 Å². The predicted molar refractivity (Wildman–Crippen MR) is 106 cm³/mol. The van der Waals surface area contributed by atoms with E-state index < -0.39 is 16.7 Å². The molecule has 152 valence electrons. The van der Waals surface area contributed by atoms with Gasteiger partial charge < -0.3 is 14.8 Å². The number of non-ortho nitro benzene ring substituents is 1. The number of hydrogen-bond acceptors (Lipinski definition) is 7. The highest BCUT2D eigenvalue weighted by Crippen LogP contribution is 2.17. The molecule has 0 fully saturated rings. The number of nitro benzene ring substituents is 1. The standard InChI is InChI=1S/C19H20N4O6/c1-13(10-18(24)20-14-4-3-5-15(11-14)23(26)27)21-22-19(25)12-29-17-8-6-16(28-2)7-9-17/h3-9,11H,10,12H2,1-2H3,(H,20,24)(H,22,25)/b21-13-. The number of nitrogens with one attached hydrogen (secondary N) is 2. The first kappa shape index (κ1) is 21.4. The van der Waals surface area contributed by atoms with Crippen molar-refractivity contribution in [1.82, 2.24) is 5.43 Å². The van der Waals surface area contributed by atoms with Crippen molar-refractivity contribution in [2.75, 3.05) is 19.0 Å². The molecule has 0 heterocycles. The van der Waals surface area contributed by atoms with Crippen LogP contribution in [0.2, 0.25) is 0 Å². The van der Waals surface area contributed by atoms with Crippen LogP contribution in [0, 0.1) is 10.1 Å². The maximum Gasteiger partial charge on any atom is 0.277 e. The molecule has 0 unspecified atom stereocenters. The molecule has 0 aliphatic carbocycles. The second-order valence-electron chi connectivity index (χ2n) is 5.88. The lowest BCUT2D eigenvalue weighted by Crippen LogP contribution is -2.26. The fourth-order valence-corrected chi connectivity index (χ4v) is 2.19. The fourth-order valence-electron chi connectivity index (χ4n) is 2.19. The monoisotopic (exact) mass is 400 g/mol. The zero-order valence-corrected chi connectivity index (χ0v) is 15.9. The minimum absolute atomic E-state index is 0.0949. The molecule has 0 radical (unpaired) electrons. The minimum atomic E-state index is -0.550. The van der Waals surface area contributed by atoms with Crippen LogP contribution >= 0.6 is 0 Å². The Morgan fingerprint density at radius 2 is 1.79 bits per heavy atom. The fraction of sp³-hybridized carbons (Fsp3) is 0.211. The summed E-state index contributed by atoms with van der Waals surface area (Å²) in [6.45, 7) is 1.32. The van der Waals surface area contributed by atoms with Gasteiger partial charge in [-0.3, -0.25) is 19.7 Å². The summed E-state index contributed by atoms with van der Waals surface area (Å²) < 4.78 is 10.3. The van der Waals surface area contributed by atoms with Crippen molar-refractivity contribution in [1.29, 1.82) is 0 Å². The van der Waals surface area contributed by atoms with Crippen LogP contribution in [-0.4, -0.2) is 36.2 Å². The highest BCUT2D eigenvalue weighted by molar-refractivity contribution is 6.05. The van der Waals surface area contributed by atoms with Crippen LogP contribution in [-0.2, 0) is 9.59 Å². The quantitative estimate of drug-likeness (QED) is 0.378. The van der Waals surface area contributed by atoms with Crippen LogP contribution in [0.25, 0.3) is 0 Å². The molecule has 2 N–H and O–H groups in total. The van der Waals surface area contributed by atoms with Gasteiger partial charge in [-0.1, -0.05) is 6.07 Å². The number of ether oxygens (including phenoxy) is 2. The van der Waals surface area contributed by atoms with Gasteiger partial charge in [0.15, 0.2) is 6.61 Å². The molecule has 0 saturated heterocycles. The van der Waals surface area contributed by atoms with Gasteiger partial charge in [0.25, 0.3) is 11.6 Å². The lowest BCUT2D eigenvalue weighted by molar-refractivity contribution is -0.384. The van der Waals surface area contributed by atoms with Crippen LogP contribution in [0.5, 0.6) is 11.5 Å². The smallest absolute Gasteiger partial charge is 0.277 e. The number of rotatable bonds is 9. The molecule has 0 saturated carbocycles. The Labute approximate surface area is 166 Å². The second kappa shape index (κ2) is 10.4. The van der Waals surface area contributed by atoms with Crippen molar-refractivity contribution < 1.29 is 24.0 Å². The highest BCUT2D eigenvalue weighted by Gasteiger charge is 2.09. The Balaban J connectivity index is 1.78. The van der Waals surface area contributed by atoms with E-state index >= 15 is 0 Å². The number of carbonyl (C=O) groups is 2. The molecule has 0 aliphatic heterocycles. The Bertz CT molecular complexity index is 911. The van der Waals surface area contributed by atoms with Gasteiger partial charge in [0.05, 0.1) is 18.5 Å². The van der Waals surface area contributed by atoms with Crippen molar-refractivity contribution in [3.63, 3.8) is 0 Å². The average molecular weight is 400 g/mol. The van der Waals surface area contributed by atoms with Crippen LogP contribution < -0.4 is 20.2 Å². The normalized spacial score (nSPS) is 10.8. The van der Waals surface area contributed by atoms with E-state index in [1.54, 1.807) is 38.3 Å². The van der Waals surface area contributed by atoms with E-state index in [0.29, 0.717) is 22.9 Å². The van der Waals surface area contributed by atoms with Gasteiger partial charge in [-0.25, -0.2) is 5.43 Å². The van der Waals surface area contributed by atoms with Crippen LogP contribution in [0.4, 0.5) is 11.4 Å².